The molecule has 4 heterocycles. The number of nitrogens with zero attached hydrogens (tertiary/aromatic N) is 3. The molecule has 0 bridgehead atoms. The van der Waals surface area contributed by atoms with Crippen LogP contribution in [0.5, 0.6) is 0 Å². The Balaban J connectivity index is 1.29. The van der Waals surface area contributed by atoms with Gasteiger partial charge in [0, 0.05) is 42.3 Å². The molecule has 1 unspecified atom stereocenters. The van der Waals surface area contributed by atoms with Crippen molar-refractivity contribution in [2.45, 2.75) is 56.9 Å². The molecule has 1 aromatic carbocycles. The zero-order valence-corrected chi connectivity index (χ0v) is 20.3. The van der Waals surface area contributed by atoms with E-state index in [0.29, 0.717) is 18.5 Å². The number of alkyl halides is 4. The molecule has 2 atom stereocenters. The molecule has 3 aliphatic rings. The number of pyridine rings is 1. The number of nitrogens with one attached hydrogen (secondary N) is 2. The highest BCUT2D eigenvalue weighted by molar-refractivity contribution is 5.87. The van der Waals surface area contributed by atoms with Crippen LogP contribution < -0.4 is 5.32 Å². The fraction of sp³-hybridized carbons (Fsp3) is 0.519. The van der Waals surface area contributed by atoms with Crippen LogP contribution in [0, 0.1) is 0 Å². The van der Waals surface area contributed by atoms with E-state index < -0.39 is 18.8 Å². The van der Waals surface area contributed by atoms with E-state index in [0.717, 1.165) is 60.3 Å². The molecule has 2 N–H and O–H groups in total. The Kier molecular flexibility index (Phi) is 5.95. The quantitative estimate of drug-likeness (QED) is 0.447. The van der Waals surface area contributed by atoms with Crippen molar-refractivity contribution in [3.05, 3.63) is 58.5 Å². The number of aromatic nitrogens is 2. The third-order valence-electron chi connectivity index (χ3n) is 7.96. The summed E-state index contributed by atoms with van der Waals surface area (Å²) >= 11 is 0. The molecule has 0 amide bonds. The number of likely N-dealkylation sites (tertiary alicyclic amines) is 1. The van der Waals surface area contributed by atoms with Crippen LogP contribution in [0.3, 0.4) is 0 Å². The van der Waals surface area contributed by atoms with Gasteiger partial charge in [0.05, 0.1) is 42.9 Å². The van der Waals surface area contributed by atoms with E-state index in [1.807, 2.05) is 19.1 Å². The minimum Gasteiger partial charge on any atom is -0.378 e. The van der Waals surface area contributed by atoms with Crippen molar-refractivity contribution in [2.24, 2.45) is 0 Å². The van der Waals surface area contributed by atoms with Gasteiger partial charge in [0.2, 0.25) is 0 Å². The molecule has 0 spiro atoms. The van der Waals surface area contributed by atoms with E-state index in [-0.39, 0.29) is 18.8 Å². The number of anilines is 1. The van der Waals surface area contributed by atoms with Crippen molar-refractivity contribution >= 4 is 16.6 Å². The summed E-state index contributed by atoms with van der Waals surface area (Å²) in [6, 6.07) is 7.54. The molecule has 36 heavy (non-hydrogen) atoms. The first-order valence-electron chi connectivity index (χ1n) is 12.8. The second-order valence-electron chi connectivity index (χ2n) is 10.5. The summed E-state index contributed by atoms with van der Waals surface area (Å²) in [5, 5.41) is 4.57. The average Bonchev–Trinajstić information content (AvgIpc) is 3.13. The van der Waals surface area contributed by atoms with Crippen LogP contribution in [-0.4, -0.2) is 70.9 Å². The molecule has 6 rings (SSSR count). The Morgan fingerprint density at radius 3 is 2.58 bits per heavy atom. The lowest BCUT2D eigenvalue weighted by atomic mass is 9.85. The predicted octanol–water partition coefficient (Wildman–Crippen LogP) is 5.02. The van der Waals surface area contributed by atoms with Gasteiger partial charge in [-0.1, -0.05) is 0 Å². The van der Waals surface area contributed by atoms with E-state index in [4.69, 9.17) is 0 Å². The SMILES string of the molecule is CC1Cc2c([nH]c3cc4c(cc23)CC4)[C@@H](c2ccc(NC3CN(CCCF)C3)cn2)N1CC(F)(F)F. The molecule has 9 heteroatoms. The zero-order chi connectivity index (χ0) is 25.0. The van der Waals surface area contributed by atoms with Crippen LogP contribution in [0.25, 0.3) is 10.9 Å². The Labute approximate surface area is 207 Å². The molecule has 2 aromatic heterocycles. The van der Waals surface area contributed by atoms with Crippen molar-refractivity contribution in [2.75, 3.05) is 38.2 Å². The number of hydrogen-bond donors (Lipinski definition) is 2. The summed E-state index contributed by atoms with van der Waals surface area (Å²) in [4.78, 5) is 11.9. The molecular weight excluding hydrogens is 470 g/mol. The number of halogens is 4. The number of hydrogen-bond acceptors (Lipinski definition) is 4. The summed E-state index contributed by atoms with van der Waals surface area (Å²) in [5.41, 5.74) is 7.07. The topological polar surface area (TPSA) is 47.2 Å². The molecule has 2 aliphatic heterocycles. The monoisotopic (exact) mass is 501 g/mol. The number of fused-ring (bicyclic) bond motifs is 4. The van der Waals surface area contributed by atoms with Crippen LogP contribution in [-0.2, 0) is 19.3 Å². The minimum atomic E-state index is -4.31. The molecule has 3 aromatic rings. The third kappa shape index (κ3) is 4.36. The van der Waals surface area contributed by atoms with Gasteiger partial charge in [-0.3, -0.25) is 19.2 Å². The molecular formula is C27H31F4N5. The molecule has 1 saturated heterocycles. The van der Waals surface area contributed by atoms with Gasteiger partial charge in [0.15, 0.2) is 0 Å². The van der Waals surface area contributed by atoms with Crippen molar-refractivity contribution < 1.29 is 17.6 Å². The predicted molar refractivity (Wildman–Crippen MR) is 132 cm³/mol. The minimum absolute atomic E-state index is 0.270. The molecule has 0 saturated carbocycles. The first-order chi connectivity index (χ1) is 17.3. The van der Waals surface area contributed by atoms with Crippen molar-refractivity contribution in [1.82, 2.24) is 19.8 Å². The lowest BCUT2D eigenvalue weighted by Crippen LogP contribution is -2.54. The molecule has 0 radical (unpaired) electrons. The maximum Gasteiger partial charge on any atom is 0.401 e. The Hall–Kier alpha value is -2.65. The van der Waals surface area contributed by atoms with Crippen molar-refractivity contribution in [3.8, 4) is 0 Å². The largest absolute Gasteiger partial charge is 0.401 e. The fourth-order valence-electron chi connectivity index (χ4n) is 6.04. The van der Waals surface area contributed by atoms with Gasteiger partial charge in [-0.15, -0.1) is 0 Å². The summed E-state index contributed by atoms with van der Waals surface area (Å²) in [6.45, 7) is 3.06. The van der Waals surface area contributed by atoms with Crippen LogP contribution in [0.1, 0.15) is 47.5 Å². The summed E-state index contributed by atoms with van der Waals surface area (Å²) < 4.78 is 53.3. The highest BCUT2D eigenvalue weighted by Crippen LogP contribution is 2.43. The molecule has 1 aliphatic carbocycles. The van der Waals surface area contributed by atoms with E-state index in [2.05, 4.69) is 32.3 Å². The Morgan fingerprint density at radius 2 is 1.92 bits per heavy atom. The normalized spacial score (nSPS) is 22.7. The summed E-state index contributed by atoms with van der Waals surface area (Å²) in [7, 11) is 0. The number of aromatic amines is 1. The van der Waals surface area contributed by atoms with Crippen LogP contribution in [0.15, 0.2) is 30.5 Å². The molecule has 192 valence electrons. The summed E-state index contributed by atoms with van der Waals surface area (Å²) in [6.07, 6.45) is 0.654. The van der Waals surface area contributed by atoms with E-state index in [1.165, 1.54) is 16.0 Å². The van der Waals surface area contributed by atoms with Crippen LogP contribution >= 0.6 is 0 Å². The number of benzene rings is 1. The Bertz CT molecular complexity index is 1250. The standard InChI is InChI=1S/C27H31F4N5/c1-16-9-22-21-10-17-3-4-18(17)11-24(21)34-25(22)26(36(16)15-27(29,30)31)23-6-5-19(12-32-23)33-20-13-35(14-20)8-2-7-28/h5-6,10-12,16,20,26,33-34H,2-4,7-9,13-15H2,1H3/t16?,26-/m1/s1. The smallest absolute Gasteiger partial charge is 0.378 e. The lowest BCUT2D eigenvalue weighted by Gasteiger charge is -2.41. The zero-order valence-electron chi connectivity index (χ0n) is 20.3. The lowest BCUT2D eigenvalue weighted by molar-refractivity contribution is -0.155. The second kappa shape index (κ2) is 9.03. The first-order valence-corrected chi connectivity index (χ1v) is 12.8. The first kappa shape index (κ1) is 23.7. The average molecular weight is 502 g/mol. The maximum atomic E-state index is 13.7. The van der Waals surface area contributed by atoms with E-state index in [9.17, 15) is 17.6 Å². The number of aryl methyl sites for hydroxylation is 2. The van der Waals surface area contributed by atoms with Gasteiger partial charge < -0.3 is 10.3 Å². The molecule has 1 fully saturated rings. The summed E-state index contributed by atoms with van der Waals surface area (Å²) in [5.74, 6) is 0. The highest BCUT2D eigenvalue weighted by Gasteiger charge is 2.42. The van der Waals surface area contributed by atoms with Gasteiger partial charge in [-0.05, 0) is 73.6 Å². The van der Waals surface area contributed by atoms with E-state index >= 15 is 0 Å². The third-order valence-corrected chi connectivity index (χ3v) is 7.96. The number of rotatable bonds is 7. The van der Waals surface area contributed by atoms with Crippen LogP contribution in [0.2, 0.25) is 0 Å². The van der Waals surface area contributed by atoms with Gasteiger partial charge in [0.25, 0.3) is 0 Å². The van der Waals surface area contributed by atoms with Gasteiger partial charge in [-0.25, -0.2) is 0 Å². The number of H-pyrrole nitrogens is 1. The van der Waals surface area contributed by atoms with Crippen molar-refractivity contribution in [3.63, 3.8) is 0 Å². The maximum absolute atomic E-state index is 13.7. The van der Waals surface area contributed by atoms with Crippen LogP contribution in [0.4, 0.5) is 23.2 Å². The van der Waals surface area contributed by atoms with Crippen molar-refractivity contribution in [1.29, 1.82) is 0 Å². The fourth-order valence-corrected chi connectivity index (χ4v) is 6.04. The molecule has 5 nitrogen and oxygen atoms in total. The highest BCUT2D eigenvalue weighted by atomic mass is 19.4. The van der Waals surface area contributed by atoms with Gasteiger partial charge in [0.1, 0.15) is 0 Å². The second-order valence-corrected chi connectivity index (χ2v) is 10.5. The van der Waals surface area contributed by atoms with Gasteiger partial charge >= 0.3 is 6.18 Å². The van der Waals surface area contributed by atoms with Gasteiger partial charge in [-0.2, -0.15) is 13.2 Å². The Morgan fingerprint density at radius 1 is 1.14 bits per heavy atom. The van der Waals surface area contributed by atoms with E-state index in [1.54, 1.807) is 6.20 Å².